The number of H-pyrrole nitrogens is 1. The molecule has 0 bridgehead atoms. The second-order valence-electron chi connectivity index (χ2n) is 3.15. The van der Waals surface area contributed by atoms with Crippen LogP contribution in [-0.2, 0) is 4.74 Å². The summed E-state index contributed by atoms with van der Waals surface area (Å²) in [4.78, 5) is 15.3. The number of rotatable bonds is 3. The van der Waals surface area contributed by atoms with E-state index in [4.69, 9.17) is 9.15 Å². The van der Waals surface area contributed by atoms with Gasteiger partial charge in [0.2, 0.25) is 0 Å². The van der Waals surface area contributed by atoms with Gasteiger partial charge in [0, 0.05) is 6.07 Å². The SMILES string of the molecule is CCOC(=O)c1cc(-c2ocnc2C)n[nH]1. The molecule has 2 aromatic heterocycles. The van der Waals surface area contributed by atoms with Crippen LogP contribution in [0, 0.1) is 6.92 Å². The van der Waals surface area contributed by atoms with Gasteiger partial charge in [-0.25, -0.2) is 9.78 Å². The third-order valence-corrected chi connectivity index (χ3v) is 2.05. The van der Waals surface area contributed by atoms with Crippen LogP contribution in [0.4, 0.5) is 0 Å². The Hall–Kier alpha value is -2.11. The van der Waals surface area contributed by atoms with Gasteiger partial charge in [-0.1, -0.05) is 0 Å². The second kappa shape index (κ2) is 4.18. The van der Waals surface area contributed by atoms with Crippen LogP contribution < -0.4 is 0 Å². The van der Waals surface area contributed by atoms with Crippen LogP contribution >= 0.6 is 0 Å². The van der Waals surface area contributed by atoms with Crippen molar-refractivity contribution in [1.29, 1.82) is 0 Å². The number of carbonyl (C=O) groups is 1. The van der Waals surface area contributed by atoms with E-state index in [2.05, 4.69) is 15.2 Å². The molecule has 1 N–H and O–H groups in total. The first-order valence-electron chi connectivity index (χ1n) is 4.85. The van der Waals surface area contributed by atoms with E-state index < -0.39 is 5.97 Å². The van der Waals surface area contributed by atoms with Gasteiger partial charge in [0.25, 0.3) is 0 Å². The molecule has 0 unspecified atom stereocenters. The van der Waals surface area contributed by atoms with Crippen LogP contribution in [0.25, 0.3) is 11.5 Å². The number of aryl methyl sites for hydroxylation is 1. The van der Waals surface area contributed by atoms with Crippen LogP contribution in [0.1, 0.15) is 23.1 Å². The molecule has 2 heterocycles. The van der Waals surface area contributed by atoms with Crippen LogP contribution in [-0.4, -0.2) is 27.8 Å². The number of carbonyl (C=O) groups excluding carboxylic acids is 1. The molecule has 0 spiro atoms. The number of hydrogen-bond acceptors (Lipinski definition) is 5. The Balaban J connectivity index is 2.26. The van der Waals surface area contributed by atoms with E-state index in [1.54, 1.807) is 19.9 Å². The number of hydrogen-bond donors (Lipinski definition) is 1. The van der Waals surface area contributed by atoms with E-state index in [0.29, 0.717) is 23.8 Å². The number of aromatic amines is 1. The highest BCUT2D eigenvalue weighted by atomic mass is 16.5. The van der Waals surface area contributed by atoms with Crippen molar-refractivity contribution in [3.8, 4) is 11.5 Å². The monoisotopic (exact) mass is 221 g/mol. The number of aromatic nitrogens is 3. The molecule has 0 amide bonds. The fourth-order valence-electron chi connectivity index (χ4n) is 1.30. The summed E-state index contributed by atoms with van der Waals surface area (Å²) in [7, 11) is 0. The first-order chi connectivity index (χ1) is 7.72. The van der Waals surface area contributed by atoms with Crippen LogP contribution in [0.5, 0.6) is 0 Å². The van der Waals surface area contributed by atoms with Crippen LogP contribution in [0.3, 0.4) is 0 Å². The van der Waals surface area contributed by atoms with Crippen molar-refractivity contribution >= 4 is 5.97 Å². The van der Waals surface area contributed by atoms with Gasteiger partial charge < -0.3 is 9.15 Å². The fourth-order valence-corrected chi connectivity index (χ4v) is 1.30. The maximum Gasteiger partial charge on any atom is 0.356 e. The molecule has 2 aromatic rings. The molecule has 6 nitrogen and oxygen atoms in total. The standard InChI is InChI=1S/C10H11N3O3/c1-3-15-10(14)8-4-7(12-13-8)9-6(2)11-5-16-9/h4-5H,3H2,1-2H3,(H,12,13). The van der Waals surface area contributed by atoms with E-state index in [0.717, 1.165) is 5.69 Å². The predicted octanol–water partition coefficient (Wildman–Crippen LogP) is 1.55. The Labute approximate surface area is 91.6 Å². The third-order valence-electron chi connectivity index (χ3n) is 2.05. The highest BCUT2D eigenvalue weighted by Crippen LogP contribution is 2.20. The molecule has 84 valence electrons. The van der Waals surface area contributed by atoms with Crippen molar-refractivity contribution in [2.75, 3.05) is 6.61 Å². The molecular weight excluding hydrogens is 210 g/mol. The lowest BCUT2D eigenvalue weighted by Gasteiger charge is -1.95. The fraction of sp³-hybridized carbons (Fsp3) is 0.300. The lowest BCUT2D eigenvalue weighted by atomic mass is 10.2. The molecule has 0 fully saturated rings. The lowest BCUT2D eigenvalue weighted by molar-refractivity contribution is 0.0519. The highest BCUT2D eigenvalue weighted by molar-refractivity contribution is 5.88. The van der Waals surface area contributed by atoms with Gasteiger partial charge in [-0.3, -0.25) is 5.10 Å². The molecule has 0 saturated carbocycles. The van der Waals surface area contributed by atoms with Gasteiger partial charge in [-0.15, -0.1) is 0 Å². The van der Waals surface area contributed by atoms with E-state index in [-0.39, 0.29) is 0 Å². The molecule has 0 radical (unpaired) electrons. The average molecular weight is 221 g/mol. The summed E-state index contributed by atoms with van der Waals surface area (Å²) in [5, 5.41) is 6.56. The van der Waals surface area contributed by atoms with Gasteiger partial charge >= 0.3 is 5.97 Å². The van der Waals surface area contributed by atoms with E-state index in [1.807, 2.05) is 0 Å². The molecule has 0 aliphatic carbocycles. The van der Waals surface area contributed by atoms with Crippen molar-refractivity contribution < 1.29 is 13.9 Å². The predicted molar refractivity (Wildman–Crippen MR) is 54.8 cm³/mol. The minimum atomic E-state index is -0.432. The van der Waals surface area contributed by atoms with Gasteiger partial charge in [0.15, 0.2) is 12.2 Å². The quantitative estimate of drug-likeness (QED) is 0.795. The smallest absolute Gasteiger partial charge is 0.356 e. The summed E-state index contributed by atoms with van der Waals surface area (Å²) < 4.78 is 9.99. The van der Waals surface area contributed by atoms with Crippen LogP contribution in [0.2, 0.25) is 0 Å². The summed E-state index contributed by atoms with van der Waals surface area (Å²) >= 11 is 0. The summed E-state index contributed by atoms with van der Waals surface area (Å²) in [6.07, 6.45) is 1.34. The van der Waals surface area contributed by atoms with E-state index >= 15 is 0 Å². The molecule has 0 atom stereocenters. The number of esters is 1. The van der Waals surface area contributed by atoms with Gasteiger partial charge in [-0.2, -0.15) is 5.10 Å². The molecule has 16 heavy (non-hydrogen) atoms. The van der Waals surface area contributed by atoms with Crippen molar-refractivity contribution in [3.63, 3.8) is 0 Å². The summed E-state index contributed by atoms with van der Waals surface area (Å²) in [5.41, 5.74) is 1.56. The Morgan fingerprint density at radius 1 is 1.62 bits per heavy atom. The normalized spacial score (nSPS) is 10.4. The number of oxazole rings is 1. The first-order valence-corrected chi connectivity index (χ1v) is 4.85. The van der Waals surface area contributed by atoms with Crippen molar-refractivity contribution in [1.82, 2.24) is 15.2 Å². The number of ether oxygens (including phenoxy) is 1. The molecule has 0 aliphatic rings. The van der Waals surface area contributed by atoms with E-state index in [9.17, 15) is 4.79 Å². The maximum absolute atomic E-state index is 11.4. The van der Waals surface area contributed by atoms with Crippen molar-refractivity contribution in [2.45, 2.75) is 13.8 Å². The van der Waals surface area contributed by atoms with Gasteiger partial charge in [-0.05, 0) is 13.8 Å². The van der Waals surface area contributed by atoms with Gasteiger partial charge in [0.05, 0.1) is 12.3 Å². The molecule has 6 heteroatoms. The minimum absolute atomic E-state index is 0.299. The van der Waals surface area contributed by atoms with E-state index in [1.165, 1.54) is 6.39 Å². The Morgan fingerprint density at radius 2 is 2.44 bits per heavy atom. The molecule has 0 aromatic carbocycles. The number of nitrogens with one attached hydrogen (secondary N) is 1. The molecule has 0 saturated heterocycles. The third kappa shape index (κ3) is 1.81. The first kappa shape index (κ1) is 10.4. The minimum Gasteiger partial charge on any atom is -0.461 e. The second-order valence-corrected chi connectivity index (χ2v) is 3.15. The Morgan fingerprint density at radius 3 is 3.06 bits per heavy atom. The van der Waals surface area contributed by atoms with Crippen molar-refractivity contribution in [3.05, 3.63) is 23.8 Å². The zero-order valence-electron chi connectivity index (χ0n) is 8.98. The zero-order valence-corrected chi connectivity index (χ0v) is 8.98. The lowest BCUT2D eigenvalue weighted by Crippen LogP contribution is -2.04. The summed E-state index contributed by atoms with van der Waals surface area (Å²) in [6.45, 7) is 3.88. The Kier molecular flexibility index (Phi) is 2.72. The van der Waals surface area contributed by atoms with Crippen LogP contribution in [0.15, 0.2) is 16.9 Å². The summed E-state index contributed by atoms with van der Waals surface area (Å²) in [5.74, 6) is 0.116. The highest BCUT2D eigenvalue weighted by Gasteiger charge is 2.15. The van der Waals surface area contributed by atoms with Gasteiger partial charge in [0.1, 0.15) is 11.4 Å². The molecular formula is C10H11N3O3. The number of nitrogens with zero attached hydrogens (tertiary/aromatic N) is 2. The Bertz CT molecular complexity index is 501. The largest absolute Gasteiger partial charge is 0.461 e. The topological polar surface area (TPSA) is 81.0 Å². The molecule has 2 rings (SSSR count). The van der Waals surface area contributed by atoms with Crippen molar-refractivity contribution in [2.24, 2.45) is 0 Å². The average Bonchev–Trinajstić information content (AvgIpc) is 2.86. The maximum atomic E-state index is 11.4. The summed E-state index contributed by atoms with van der Waals surface area (Å²) in [6, 6.07) is 1.57. The zero-order chi connectivity index (χ0) is 11.5. The molecule has 0 aliphatic heterocycles.